The molecule has 0 unspecified atom stereocenters. The maximum atomic E-state index is 11.6. The van der Waals surface area contributed by atoms with Crippen LogP contribution in [0.25, 0.3) is 0 Å². The Morgan fingerprint density at radius 2 is 2.07 bits per heavy atom. The highest BCUT2D eigenvalue weighted by Crippen LogP contribution is 2.08. The minimum Gasteiger partial charge on any atom is -0.294 e. The molecule has 0 aliphatic carbocycles. The Kier molecular flexibility index (Phi) is 5.67. The average Bonchev–Trinajstić information content (AvgIpc) is 2.30. The molecule has 1 rings (SSSR count). The molecule has 1 aromatic rings. The number of hydrogen-bond acceptors (Lipinski definition) is 2. The summed E-state index contributed by atoms with van der Waals surface area (Å²) in [6.45, 7) is 2.20. The van der Waals surface area contributed by atoms with E-state index in [-0.39, 0.29) is 5.78 Å². The molecule has 0 aromatic carbocycles. The Balaban J connectivity index is 2.20. The second-order valence-corrected chi connectivity index (χ2v) is 3.83. The van der Waals surface area contributed by atoms with Crippen molar-refractivity contribution in [2.45, 2.75) is 45.4 Å². The molecule has 0 atom stereocenters. The van der Waals surface area contributed by atoms with E-state index in [0.29, 0.717) is 6.42 Å². The van der Waals surface area contributed by atoms with Crippen molar-refractivity contribution >= 4 is 5.78 Å². The second-order valence-electron chi connectivity index (χ2n) is 3.83. The quantitative estimate of drug-likeness (QED) is 0.502. The Bertz CT molecular complexity index is 282. The summed E-state index contributed by atoms with van der Waals surface area (Å²) in [6, 6.07) is 3.64. The number of carbonyl (C=O) groups is 1. The number of ketones is 1. The van der Waals surface area contributed by atoms with Crippen molar-refractivity contribution in [3.8, 4) is 0 Å². The van der Waals surface area contributed by atoms with Crippen molar-refractivity contribution in [3.63, 3.8) is 0 Å². The van der Waals surface area contributed by atoms with Gasteiger partial charge in [0, 0.05) is 24.4 Å². The summed E-state index contributed by atoms with van der Waals surface area (Å²) in [6.07, 6.45) is 9.95. The first kappa shape index (κ1) is 11.9. The number of pyridine rings is 1. The minimum atomic E-state index is 0.222. The summed E-state index contributed by atoms with van der Waals surface area (Å²) in [5.74, 6) is 0.222. The van der Waals surface area contributed by atoms with E-state index < -0.39 is 0 Å². The molecule has 0 spiro atoms. The predicted molar refractivity (Wildman–Crippen MR) is 61.9 cm³/mol. The summed E-state index contributed by atoms with van der Waals surface area (Å²) in [5.41, 5.74) is 0.744. The summed E-state index contributed by atoms with van der Waals surface area (Å²) < 4.78 is 0. The third kappa shape index (κ3) is 4.73. The number of unbranched alkanes of at least 4 members (excludes halogenated alkanes) is 4. The second kappa shape index (κ2) is 7.16. The van der Waals surface area contributed by atoms with Crippen LogP contribution in [0.3, 0.4) is 0 Å². The van der Waals surface area contributed by atoms with Gasteiger partial charge >= 0.3 is 0 Å². The van der Waals surface area contributed by atoms with Gasteiger partial charge in [-0.3, -0.25) is 9.78 Å². The van der Waals surface area contributed by atoms with Gasteiger partial charge in [-0.2, -0.15) is 0 Å². The molecule has 0 aliphatic rings. The van der Waals surface area contributed by atoms with Gasteiger partial charge in [0.1, 0.15) is 0 Å². The van der Waals surface area contributed by atoms with Crippen LogP contribution in [-0.4, -0.2) is 10.8 Å². The van der Waals surface area contributed by atoms with Crippen LogP contribution in [-0.2, 0) is 0 Å². The lowest BCUT2D eigenvalue weighted by Gasteiger charge is -2.00. The van der Waals surface area contributed by atoms with E-state index in [1.165, 1.54) is 25.7 Å². The van der Waals surface area contributed by atoms with Crippen molar-refractivity contribution in [1.29, 1.82) is 0 Å². The van der Waals surface area contributed by atoms with Gasteiger partial charge < -0.3 is 0 Å². The number of Topliss-reactive ketones (excluding diaryl/α,β-unsaturated/α-hetero) is 1. The maximum Gasteiger partial charge on any atom is 0.164 e. The van der Waals surface area contributed by atoms with E-state index in [0.717, 1.165) is 12.0 Å². The number of aromatic nitrogens is 1. The molecule has 1 aromatic heterocycles. The van der Waals surface area contributed by atoms with Crippen molar-refractivity contribution in [2.24, 2.45) is 0 Å². The Morgan fingerprint density at radius 3 is 2.73 bits per heavy atom. The fourth-order valence-corrected chi connectivity index (χ4v) is 1.56. The van der Waals surface area contributed by atoms with E-state index in [1.54, 1.807) is 12.4 Å². The summed E-state index contributed by atoms with van der Waals surface area (Å²) in [5, 5.41) is 0. The fraction of sp³-hybridized carbons (Fsp3) is 0.538. The van der Waals surface area contributed by atoms with Crippen LogP contribution >= 0.6 is 0 Å². The van der Waals surface area contributed by atoms with Crippen LogP contribution in [0.15, 0.2) is 24.5 Å². The zero-order valence-electron chi connectivity index (χ0n) is 9.41. The molecule has 0 fully saturated rings. The molecule has 0 radical (unpaired) electrons. The molecule has 0 amide bonds. The van der Waals surface area contributed by atoms with Crippen molar-refractivity contribution < 1.29 is 4.79 Å². The molecule has 0 aliphatic heterocycles. The van der Waals surface area contributed by atoms with Gasteiger partial charge in [0.05, 0.1) is 0 Å². The average molecular weight is 205 g/mol. The van der Waals surface area contributed by atoms with Crippen LogP contribution < -0.4 is 0 Å². The standard InChI is InChI=1S/C13H19NO/c1-2-3-4-5-6-9-13(15)12-8-7-10-14-11-12/h7-8,10-11H,2-6,9H2,1H3. The van der Waals surface area contributed by atoms with Gasteiger partial charge in [-0.15, -0.1) is 0 Å². The number of rotatable bonds is 7. The third-order valence-electron chi connectivity index (χ3n) is 2.49. The first-order chi connectivity index (χ1) is 7.34. The van der Waals surface area contributed by atoms with Crippen molar-refractivity contribution in [3.05, 3.63) is 30.1 Å². The molecule has 82 valence electrons. The zero-order valence-corrected chi connectivity index (χ0v) is 9.41. The van der Waals surface area contributed by atoms with E-state index in [9.17, 15) is 4.79 Å². The van der Waals surface area contributed by atoms with Gasteiger partial charge in [0.2, 0.25) is 0 Å². The van der Waals surface area contributed by atoms with Crippen LogP contribution in [0.2, 0.25) is 0 Å². The van der Waals surface area contributed by atoms with Crippen molar-refractivity contribution in [2.75, 3.05) is 0 Å². The van der Waals surface area contributed by atoms with Crippen LogP contribution in [0.4, 0.5) is 0 Å². The Labute approximate surface area is 91.7 Å². The highest BCUT2D eigenvalue weighted by molar-refractivity contribution is 5.95. The smallest absolute Gasteiger partial charge is 0.164 e. The number of carbonyl (C=O) groups excluding carboxylic acids is 1. The number of hydrogen-bond donors (Lipinski definition) is 0. The van der Waals surface area contributed by atoms with E-state index in [2.05, 4.69) is 11.9 Å². The first-order valence-corrected chi connectivity index (χ1v) is 5.78. The first-order valence-electron chi connectivity index (χ1n) is 5.78. The van der Waals surface area contributed by atoms with Crippen molar-refractivity contribution in [1.82, 2.24) is 4.98 Å². The molecule has 0 bridgehead atoms. The number of nitrogens with zero attached hydrogens (tertiary/aromatic N) is 1. The monoisotopic (exact) mass is 205 g/mol. The summed E-state index contributed by atoms with van der Waals surface area (Å²) >= 11 is 0. The Morgan fingerprint density at radius 1 is 1.27 bits per heavy atom. The molecular weight excluding hydrogens is 186 g/mol. The normalized spacial score (nSPS) is 10.2. The van der Waals surface area contributed by atoms with Gasteiger partial charge in [0.25, 0.3) is 0 Å². The largest absolute Gasteiger partial charge is 0.294 e. The van der Waals surface area contributed by atoms with Gasteiger partial charge in [-0.25, -0.2) is 0 Å². The molecule has 2 heteroatoms. The van der Waals surface area contributed by atoms with Gasteiger partial charge in [-0.05, 0) is 18.6 Å². The molecule has 0 saturated carbocycles. The molecule has 2 nitrogen and oxygen atoms in total. The molecule has 0 N–H and O–H groups in total. The third-order valence-corrected chi connectivity index (χ3v) is 2.49. The predicted octanol–water partition coefficient (Wildman–Crippen LogP) is 3.62. The maximum absolute atomic E-state index is 11.6. The van der Waals surface area contributed by atoms with E-state index >= 15 is 0 Å². The topological polar surface area (TPSA) is 30.0 Å². The zero-order chi connectivity index (χ0) is 10.9. The lowest BCUT2D eigenvalue weighted by molar-refractivity contribution is 0.0979. The molecular formula is C13H19NO. The molecule has 1 heterocycles. The van der Waals surface area contributed by atoms with E-state index in [1.807, 2.05) is 12.1 Å². The van der Waals surface area contributed by atoms with E-state index in [4.69, 9.17) is 0 Å². The summed E-state index contributed by atoms with van der Waals surface area (Å²) in [7, 11) is 0. The lowest BCUT2D eigenvalue weighted by Crippen LogP contribution is -1.98. The highest BCUT2D eigenvalue weighted by atomic mass is 16.1. The van der Waals surface area contributed by atoms with Gasteiger partial charge in [0.15, 0.2) is 5.78 Å². The van der Waals surface area contributed by atoms with Crippen LogP contribution in [0.5, 0.6) is 0 Å². The fourth-order valence-electron chi connectivity index (χ4n) is 1.56. The minimum absolute atomic E-state index is 0.222. The highest BCUT2D eigenvalue weighted by Gasteiger charge is 2.04. The molecule has 0 saturated heterocycles. The van der Waals surface area contributed by atoms with Crippen LogP contribution in [0, 0.1) is 0 Å². The Hall–Kier alpha value is -1.18. The SMILES string of the molecule is CCCCCCCC(=O)c1cccnc1. The lowest BCUT2D eigenvalue weighted by atomic mass is 10.1. The summed E-state index contributed by atoms with van der Waals surface area (Å²) in [4.78, 5) is 15.6. The molecule has 15 heavy (non-hydrogen) atoms. The van der Waals surface area contributed by atoms with Gasteiger partial charge in [-0.1, -0.05) is 32.6 Å². The van der Waals surface area contributed by atoms with Crippen LogP contribution in [0.1, 0.15) is 55.8 Å².